The molecule has 8 heteroatoms. The first-order valence-corrected chi connectivity index (χ1v) is 8.78. The predicted octanol–water partition coefficient (Wildman–Crippen LogP) is 4.30. The topological polar surface area (TPSA) is 79.8 Å². The number of anilines is 3. The highest BCUT2D eigenvalue weighted by atomic mass is 32.1. The predicted molar refractivity (Wildman–Crippen MR) is 101 cm³/mol. The van der Waals surface area contributed by atoms with Gasteiger partial charge in [-0.1, -0.05) is 0 Å². The van der Waals surface area contributed by atoms with Gasteiger partial charge in [0, 0.05) is 10.6 Å². The molecule has 0 bridgehead atoms. The largest absolute Gasteiger partial charge is 0.322 e. The van der Waals surface area contributed by atoms with Crippen molar-refractivity contribution in [1.82, 2.24) is 15.0 Å². The van der Waals surface area contributed by atoms with Gasteiger partial charge in [-0.15, -0.1) is 11.3 Å². The van der Waals surface area contributed by atoms with Gasteiger partial charge in [-0.3, -0.25) is 4.79 Å². The molecule has 0 spiro atoms. The molecular weight excluding hydrogens is 353 g/mol. The molecule has 2 heterocycles. The third-order valence-electron chi connectivity index (χ3n) is 3.85. The number of halogens is 1. The van der Waals surface area contributed by atoms with Gasteiger partial charge in [-0.25, -0.2) is 19.3 Å². The van der Waals surface area contributed by atoms with Gasteiger partial charge < -0.3 is 10.6 Å². The molecule has 0 fully saturated rings. The van der Waals surface area contributed by atoms with Crippen LogP contribution in [0.1, 0.15) is 32.3 Å². The summed E-state index contributed by atoms with van der Waals surface area (Å²) in [7, 11) is 0. The van der Waals surface area contributed by atoms with Crippen LogP contribution >= 0.6 is 11.3 Å². The first-order chi connectivity index (χ1) is 12.3. The number of aromatic nitrogens is 3. The number of benzene rings is 1. The smallest absolute Gasteiger partial charge is 0.259 e. The summed E-state index contributed by atoms with van der Waals surface area (Å²) >= 11 is 1.52. The van der Waals surface area contributed by atoms with Crippen molar-refractivity contribution in [3.8, 4) is 0 Å². The van der Waals surface area contributed by atoms with E-state index in [1.165, 1.54) is 35.6 Å². The Morgan fingerprint density at radius 1 is 0.962 bits per heavy atom. The molecule has 26 heavy (non-hydrogen) atoms. The molecule has 0 aliphatic rings. The van der Waals surface area contributed by atoms with E-state index in [0.717, 1.165) is 10.6 Å². The Morgan fingerprint density at radius 3 is 2.12 bits per heavy atom. The number of hydrogen-bond acceptors (Lipinski definition) is 6. The van der Waals surface area contributed by atoms with Crippen molar-refractivity contribution in [2.45, 2.75) is 27.7 Å². The number of nitrogens with zero attached hydrogens (tertiary/aromatic N) is 3. The number of carbonyl (C=O) groups is 1. The third-order valence-corrected chi connectivity index (χ3v) is 4.84. The Morgan fingerprint density at radius 2 is 1.58 bits per heavy atom. The van der Waals surface area contributed by atoms with Crippen LogP contribution in [-0.4, -0.2) is 20.9 Å². The number of rotatable bonds is 4. The van der Waals surface area contributed by atoms with Gasteiger partial charge in [-0.2, -0.15) is 0 Å². The van der Waals surface area contributed by atoms with Crippen LogP contribution in [0.4, 0.5) is 21.2 Å². The lowest BCUT2D eigenvalue weighted by Crippen LogP contribution is -2.17. The van der Waals surface area contributed by atoms with Gasteiger partial charge in [-0.05, 0) is 52.0 Å². The maximum absolute atomic E-state index is 13.0. The fraction of sp³-hybridized carbons (Fsp3) is 0.222. The van der Waals surface area contributed by atoms with E-state index in [1.54, 1.807) is 13.8 Å². The SMILES string of the molecule is Cc1nc(Nc2nc(C)c(C(=O)Nc3ccc(F)cc3)c(C)n2)sc1C. The molecule has 2 N–H and O–H groups in total. The average molecular weight is 371 g/mol. The van der Waals surface area contributed by atoms with Crippen molar-refractivity contribution >= 4 is 34.0 Å². The molecule has 1 aromatic carbocycles. The minimum atomic E-state index is -0.359. The Labute approximate surface area is 154 Å². The van der Waals surface area contributed by atoms with Crippen LogP contribution in [0, 0.1) is 33.5 Å². The zero-order chi connectivity index (χ0) is 18.8. The molecule has 0 saturated carbocycles. The van der Waals surface area contributed by atoms with Gasteiger partial charge in [0.25, 0.3) is 5.91 Å². The lowest BCUT2D eigenvalue weighted by Gasteiger charge is -2.11. The molecule has 3 rings (SSSR count). The van der Waals surface area contributed by atoms with Crippen LogP contribution in [0.3, 0.4) is 0 Å². The summed E-state index contributed by atoms with van der Waals surface area (Å²) in [4.78, 5) is 26.8. The van der Waals surface area contributed by atoms with E-state index < -0.39 is 0 Å². The zero-order valence-corrected chi connectivity index (χ0v) is 15.7. The Bertz CT molecular complexity index is 926. The molecular formula is C18H18FN5OS. The molecule has 2 aromatic heterocycles. The van der Waals surface area contributed by atoms with Crippen molar-refractivity contribution in [2.75, 3.05) is 10.6 Å². The molecule has 3 aromatic rings. The first kappa shape index (κ1) is 17.9. The third kappa shape index (κ3) is 3.85. The molecule has 0 atom stereocenters. The molecule has 0 radical (unpaired) electrons. The van der Waals surface area contributed by atoms with E-state index >= 15 is 0 Å². The molecule has 134 valence electrons. The molecule has 0 saturated heterocycles. The fourth-order valence-corrected chi connectivity index (χ4v) is 3.26. The van der Waals surface area contributed by atoms with Crippen molar-refractivity contribution < 1.29 is 9.18 Å². The van der Waals surface area contributed by atoms with E-state index in [4.69, 9.17) is 0 Å². The molecule has 6 nitrogen and oxygen atoms in total. The molecule has 0 aliphatic carbocycles. The number of amides is 1. The second-order valence-corrected chi connectivity index (χ2v) is 7.04. The van der Waals surface area contributed by atoms with Gasteiger partial charge >= 0.3 is 0 Å². The summed E-state index contributed by atoms with van der Waals surface area (Å²) in [6, 6.07) is 5.58. The Balaban J connectivity index is 1.82. The van der Waals surface area contributed by atoms with Crippen molar-refractivity contribution in [2.24, 2.45) is 0 Å². The highest BCUT2D eigenvalue weighted by molar-refractivity contribution is 7.15. The highest BCUT2D eigenvalue weighted by Crippen LogP contribution is 2.24. The lowest BCUT2D eigenvalue weighted by atomic mass is 10.1. The van der Waals surface area contributed by atoms with Gasteiger partial charge in [0.2, 0.25) is 5.95 Å². The number of nitrogens with one attached hydrogen (secondary N) is 2. The van der Waals surface area contributed by atoms with Crippen LogP contribution in [0.15, 0.2) is 24.3 Å². The van der Waals surface area contributed by atoms with Crippen LogP contribution in [0.2, 0.25) is 0 Å². The van der Waals surface area contributed by atoms with Crippen LogP contribution in [-0.2, 0) is 0 Å². The van der Waals surface area contributed by atoms with Crippen molar-refractivity contribution in [3.63, 3.8) is 0 Å². The maximum atomic E-state index is 13.0. The standard InChI is InChI=1S/C18H18FN5OS/c1-9-12(4)26-18(22-9)24-17-20-10(2)15(11(3)21-17)16(25)23-14-7-5-13(19)6-8-14/h5-8H,1-4H3,(H,23,25)(H,20,21,22,24). The fourth-order valence-electron chi connectivity index (χ4n) is 2.45. The summed E-state index contributed by atoms with van der Waals surface area (Å²) in [6.07, 6.45) is 0. The quantitative estimate of drug-likeness (QED) is 0.715. The van der Waals surface area contributed by atoms with E-state index in [1.807, 2.05) is 13.8 Å². The summed E-state index contributed by atoms with van der Waals surface area (Å²) in [5, 5.41) is 6.52. The van der Waals surface area contributed by atoms with Crippen molar-refractivity contribution in [1.29, 1.82) is 0 Å². The van der Waals surface area contributed by atoms with Crippen LogP contribution in [0.5, 0.6) is 0 Å². The van der Waals surface area contributed by atoms with Crippen LogP contribution < -0.4 is 10.6 Å². The summed E-state index contributed by atoms with van der Waals surface area (Å²) in [6.45, 7) is 7.44. The molecule has 0 unspecified atom stereocenters. The van der Waals surface area contributed by atoms with Gasteiger partial charge in [0.1, 0.15) is 5.82 Å². The minimum absolute atomic E-state index is 0.334. The monoisotopic (exact) mass is 371 g/mol. The second kappa shape index (κ2) is 7.17. The van der Waals surface area contributed by atoms with E-state index in [2.05, 4.69) is 25.6 Å². The van der Waals surface area contributed by atoms with Crippen LogP contribution in [0.25, 0.3) is 0 Å². The first-order valence-electron chi connectivity index (χ1n) is 7.96. The maximum Gasteiger partial charge on any atom is 0.259 e. The highest BCUT2D eigenvalue weighted by Gasteiger charge is 2.17. The van der Waals surface area contributed by atoms with Crippen molar-refractivity contribution in [3.05, 3.63) is 57.6 Å². The van der Waals surface area contributed by atoms with E-state index in [9.17, 15) is 9.18 Å². The van der Waals surface area contributed by atoms with Gasteiger partial charge in [0.15, 0.2) is 5.13 Å². The average Bonchev–Trinajstić information content (AvgIpc) is 2.86. The zero-order valence-electron chi connectivity index (χ0n) is 14.8. The van der Waals surface area contributed by atoms with E-state index in [0.29, 0.717) is 33.7 Å². The lowest BCUT2D eigenvalue weighted by molar-refractivity contribution is 0.102. The van der Waals surface area contributed by atoms with Gasteiger partial charge in [0.05, 0.1) is 22.6 Å². The normalized spacial score (nSPS) is 10.7. The number of hydrogen-bond donors (Lipinski definition) is 2. The second-order valence-electron chi connectivity index (χ2n) is 5.84. The Hall–Kier alpha value is -2.87. The Kier molecular flexibility index (Phi) is 4.94. The summed E-state index contributed by atoms with van der Waals surface area (Å²) in [5.41, 5.74) is 2.95. The summed E-state index contributed by atoms with van der Waals surface area (Å²) < 4.78 is 13.0. The number of thiazole rings is 1. The molecule has 1 amide bonds. The molecule has 0 aliphatic heterocycles. The number of aryl methyl sites for hydroxylation is 4. The van der Waals surface area contributed by atoms with E-state index in [-0.39, 0.29) is 11.7 Å². The summed E-state index contributed by atoms with van der Waals surface area (Å²) in [5.74, 6) is -0.298. The minimum Gasteiger partial charge on any atom is -0.322 e. The number of carbonyl (C=O) groups excluding carboxylic acids is 1.